The molecule has 1 aliphatic rings. The van der Waals surface area contributed by atoms with Crippen LogP contribution in [-0.2, 0) is 9.59 Å². The molecule has 0 saturated carbocycles. The number of halogens is 1. The van der Waals surface area contributed by atoms with E-state index in [0.717, 1.165) is 50.4 Å². The molecular weight excluding hydrogens is 518 g/mol. The molecular formula is C30H24ClN3O3S. The zero-order valence-electron chi connectivity index (χ0n) is 20.8. The number of carbonyl (C=O) groups excluding carboxylic acids is 3. The minimum Gasteiger partial charge on any atom is -0.323 e. The first-order valence-electron chi connectivity index (χ1n) is 12.0. The molecule has 1 fully saturated rings. The predicted molar refractivity (Wildman–Crippen MR) is 153 cm³/mol. The monoisotopic (exact) mass is 541 g/mol. The molecule has 5 rings (SSSR count). The lowest BCUT2D eigenvalue weighted by molar-refractivity contribution is -0.127. The smallest absolute Gasteiger partial charge is 0.294 e. The number of aryl methyl sites for hydroxylation is 1. The molecule has 38 heavy (non-hydrogen) atoms. The van der Waals surface area contributed by atoms with E-state index in [9.17, 15) is 14.4 Å². The molecule has 4 aromatic rings. The molecule has 0 unspecified atom stereocenters. The molecule has 190 valence electrons. The Morgan fingerprint density at radius 3 is 2.29 bits per heavy atom. The zero-order valence-corrected chi connectivity index (χ0v) is 22.3. The summed E-state index contributed by atoms with van der Waals surface area (Å²) in [6.07, 6.45) is 1.72. The number of benzene rings is 3. The third kappa shape index (κ3) is 5.16. The highest BCUT2D eigenvalue weighted by Crippen LogP contribution is 2.34. The van der Waals surface area contributed by atoms with Crippen molar-refractivity contribution in [2.75, 3.05) is 11.9 Å². The van der Waals surface area contributed by atoms with Crippen molar-refractivity contribution < 1.29 is 14.4 Å². The van der Waals surface area contributed by atoms with Crippen molar-refractivity contribution in [3.8, 4) is 16.8 Å². The Hall–Kier alpha value is -4.07. The second-order valence-electron chi connectivity index (χ2n) is 8.87. The first-order valence-corrected chi connectivity index (χ1v) is 13.2. The third-order valence-electron chi connectivity index (χ3n) is 6.31. The van der Waals surface area contributed by atoms with Crippen LogP contribution in [0.25, 0.3) is 22.9 Å². The molecule has 0 spiro atoms. The molecule has 0 aliphatic carbocycles. The number of nitrogens with zero attached hydrogens (tertiary/aromatic N) is 2. The molecule has 1 aliphatic heterocycles. The Balaban J connectivity index is 1.34. The number of amides is 3. The van der Waals surface area contributed by atoms with E-state index in [-0.39, 0.29) is 11.4 Å². The van der Waals surface area contributed by atoms with Gasteiger partial charge >= 0.3 is 0 Å². The number of imide groups is 1. The molecule has 1 N–H and O–H groups in total. The zero-order chi connectivity index (χ0) is 26.8. The molecule has 1 saturated heterocycles. The van der Waals surface area contributed by atoms with Crippen LogP contribution in [0, 0.1) is 13.8 Å². The van der Waals surface area contributed by atoms with Crippen LogP contribution in [0.2, 0.25) is 5.02 Å². The number of thioether (sulfide) groups is 1. The highest BCUT2D eigenvalue weighted by molar-refractivity contribution is 8.18. The summed E-state index contributed by atoms with van der Waals surface area (Å²) in [4.78, 5) is 39.3. The fourth-order valence-corrected chi connectivity index (χ4v) is 5.45. The number of para-hydroxylation sites is 1. The summed E-state index contributed by atoms with van der Waals surface area (Å²) in [6.45, 7) is 3.59. The standard InChI is InChI=1S/C30H24ClN3O3S/c1-19-16-23(20(2)34(19)24-14-12-22(13-15-24)21-8-4-3-5-9-21)17-27-29(36)33(30(37)38-27)18-28(35)32-26-11-7-6-10-25(26)31/h3-17H,18H2,1-2H3,(H,32,35)/b27-17-. The second-order valence-corrected chi connectivity index (χ2v) is 10.3. The molecule has 0 atom stereocenters. The number of aromatic nitrogens is 1. The fourth-order valence-electron chi connectivity index (χ4n) is 4.44. The van der Waals surface area contributed by atoms with Gasteiger partial charge in [0.1, 0.15) is 6.54 Å². The van der Waals surface area contributed by atoms with E-state index in [2.05, 4.69) is 46.3 Å². The number of hydrogen-bond donors (Lipinski definition) is 1. The lowest BCUT2D eigenvalue weighted by atomic mass is 10.1. The highest BCUT2D eigenvalue weighted by Gasteiger charge is 2.36. The average molecular weight is 542 g/mol. The normalized spacial score (nSPS) is 14.4. The first kappa shape index (κ1) is 25.6. The van der Waals surface area contributed by atoms with Crippen LogP contribution in [0.4, 0.5) is 10.5 Å². The lowest BCUT2D eigenvalue weighted by Gasteiger charge is -2.13. The topological polar surface area (TPSA) is 71.4 Å². The SMILES string of the molecule is Cc1cc(/C=C2\SC(=O)N(CC(=O)Nc3ccccc3Cl)C2=O)c(C)n1-c1ccc(-c2ccccc2)cc1. The van der Waals surface area contributed by atoms with Crippen molar-refractivity contribution >= 4 is 52.2 Å². The minimum absolute atomic E-state index is 0.278. The lowest BCUT2D eigenvalue weighted by Crippen LogP contribution is -2.36. The number of nitrogens with one attached hydrogen (secondary N) is 1. The number of carbonyl (C=O) groups is 3. The van der Waals surface area contributed by atoms with Crippen LogP contribution in [0.15, 0.2) is 89.8 Å². The van der Waals surface area contributed by atoms with Gasteiger partial charge in [-0.15, -0.1) is 0 Å². The van der Waals surface area contributed by atoms with Gasteiger partial charge in [0.15, 0.2) is 0 Å². The van der Waals surface area contributed by atoms with Crippen LogP contribution in [-0.4, -0.2) is 33.1 Å². The van der Waals surface area contributed by atoms with Gasteiger partial charge in [-0.2, -0.15) is 0 Å². The Morgan fingerprint density at radius 2 is 1.58 bits per heavy atom. The van der Waals surface area contributed by atoms with Crippen molar-refractivity contribution in [1.29, 1.82) is 0 Å². The maximum absolute atomic E-state index is 13.0. The van der Waals surface area contributed by atoms with E-state index in [1.807, 2.05) is 38.1 Å². The molecule has 8 heteroatoms. The van der Waals surface area contributed by atoms with Crippen molar-refractivity contribution in [2.45, 2.75) is 13.8 Å². The Bertz CT molecular complexity index is 1580. The summed E-state index contributed by atoms with van der Waals surface area (Å²) in [5, 5.41) is 2.54. The predicted octanol–water partition coefficient (Wildman–Crippen LogP) is 7.09. The van der Waals surface area contributed by atoms with Gasteiger partial charge in [0.05, 0.1) is 15.6 Å². The summed E-state index contributed by atoms with van der Waals surface area (Å²) >= 11 is 6.92. The molecule has 3 amide bonds. The van der Waals surface area contributed by atoms with Gasteiger partial charge < -0.3 is 9.88 Å². The van der Waals surface area contributed by atoms with Crippen LogP contribution in [0.5, 0.6) is 0 Å². The summed E-state index contributed by atoms with van der Waals surface area (Å²) in [6, 6.07) is 27.3. The summed E-state index contributed by atoms with van der Waals surface area (Å²) in [7, 11) is 0. The number of rotatable bonds is 6. The van der Waals surface area contributed by atoms with Crippen molar-refractivity contribution in [1.82, 2.24) is 9.47 Å². The average Bonchev–Trinajstić information content (AvgIpc) is 3.34. The van der Waals surface area contributed by atoms with Gasteiger partial charge in [-0.3, -0.25) is 19.3 Å². The molecule has 1 aromatic heterocycles. The van der Waals surface area contributed by atoms with Crippen LogP contribution < -0.4 is 5.32 Å². The number of hydrogen-bond acceptors (Lipinski definition) is 4. The van der Waals surface area contributed by atoms with Gasteiger partial charge in [-0.1, -0.05) is 66.2 Å². The molecule has 3 aromatic carbocycles. The van der Waals surface area contributed by atoms with E-state index >= 15 is 0 Å². The maximum atomic E-state index is 13.0. The van der Waals surface area contributed by atoms with E-state index in [1.54, 1.807) is 30.3 Å². The van der Waals surface area contributed by atoms with Gasteiger partial charge in [0.2, 0.25) is 5.91 Å². The molecule has 2 heterocycles. The van der Waals surface area contributed by atoms with Crippen LogP contribution in [0.1, 0.15) is 17.0 Å². The minimum atomic E-state index is -0.501. The van der Waals surface area contributed by atoms with Crippen LogP contribution >= 0.6 is 23.4 Å². The molecule has 6 nitrogen and oxygen atoms in total. The third-order valence-corrected chi connectivity index (χ3v) is 7.55. The quantitative estimate of drug-likeness (QED) is 0.264. The summed E-state index contributed by atoms with van der Waals surface area (Å²) in [5.41, 5.74) is 6.48. The van der Waals surface area contributed by atoms with E-state index in [1.165, 1.54) is 0 Å². The van der Waals surface area contributed by atoms with Crippen molar-refractivity contribution in [3.05, 3.63) is 112 Å². The van der Waals surface area contributed by atoms with Gasteiger partial charge in [0.25, 0.3) is 11.1 Å². The van der Waals surface area contributed by atoms with E-state index in [0.29, 0.717) is 10.7 Å². The molecule has 0 bridgehead atoms. The Labute approximate surface area is 229 Å². The van der Waals surface area contributed by atoms with Gasteiger partial charge in [0, 0.05) is 17.1 Å². The molecule has 0 radical (unpaired) electrons. The van der Waals surface area contributed by atoms with Crippen molar-refractivity contribution in [2.24, 2.45) is 0 Å². The fraction of sp³-hybridized carbons (Fsp3) is 0.100. The second kappa shape index (κ2) is 10.7. The summed E-state index contributed by atoms with van der Waals surface area (Å²) in [5.74, 6) is -0.995. The summed E-state index contributed by atoms with van der Waals surface area (Å²) < 4.78 is 2.11. The Kier molecular flexibility index (Phi) is 7.22. The van der Waals surface area contributed by atoms with Gasteiger partial charge in [-0.05, 0) is 78.7 Å². The Morgan fingerprint density at radius 1 is 0.921 bits per heavy atom. The first-order chi connectivity index (χ1) is 18.3. The van der Waals surface area contributed by atoms with Crippen LogP contribution in [0.3, 0.4) is 0 Å². The van der Waals surface area contributed by atoms with Gasteiger partial charge in [-0.25, -0.2) is 0 Å². The maximum Gasteiger partial charge on any atom is 0.294 e. The number of anilines is 1. The van der Waals surface area contributed by atoms with E-state index < -0.39 is 17.1 Å². The highest BCUT2D eigenvalue weighted by atomic mass is 35.5. The van der Waals surface area contributed by atoms with E-state index in [4.69, 9.17) is 11.6 Å². The largest absolute Gasteiger partial charge is 0.323 e. The van der Waals surface area contributed by atoms with Crippen molar-refractivity contribution in [3.63, 3.8) is 0 Å².